The van der Waals surface area contributed by atoms with Gasteiger partial charge in [0.05, 0.1) is 0 Å². The summed E-state index contributed by atoms with van der Waals surface area (Å²) in [6.45, 7) is 8.96. The quantitative estimate of drug-likeness (QED) is 0.670. The lowest BCUT2D eigenvalue weighted by Gasteiger charge is -2.35. The van der Waals surface area contributed by atoms with Crippen LogP contribution in [0.3, 0.4) is 0 Å². The molecular weight excluding hydrogens is 364 g/mol. The number of hydrogen-bond acceptors (Lipinski definition) is 5. The molecule has 1 aliphatic rings. The fraction of sp³-hybridized carbons (Fsp3) is 0.364. The summed E-state index contributed by atoms with van der Waals surface area (Å²) < 4.78 is 1.73. The monoisotopic (exact) mass is 390 g/mol. The first-order valence-corrected chi connectivity index (χ1v) is 10.1. The lowest BCUT2D eigenvalue weighted by molar-refractivity contribution is 0.0628. The molecule has 150 valence electrons. The predicted molar refractivity (Wildman–Crippen MR) is 111 cm³/mol. The highest BCUT2D eigenvalue weighted by atomic mass is 16.2. The Bertz CT molecular complexity index is 990. The number of hydrogen-bond donors (Lipinski definition) is 0. The van der Waals surface area contributed by atoms with Gasteiger partial charge in [-0.2, -0.15) is 0 Å². The number of piperazine rings is 1. The number of aryl methyl sites for hydroxylation is 2. The van der Waals surface area contributed by atoms with E-state index >= 15 is 0 Å². The Labute approximate surface area is 170 Å². The molecule has 0 unspecified atom stereocenters. The summed E-state index contributed by atoms with van der Waals surface area (Å²) in [6, 6.07) is 16.2. The van der Waals surface area contributed by atoms with Crippen LogP contribution in [0.2, 0.25) is 0 Å². The molecule has 2 aromatic carbocycles. The first-order valence-electron chi connectivity index (χ1n) is 10.1. The molecule has 7 heteroatoms. The van der Waals surface area contributed by atoms with Crippen LogP contribution < -0.4 is 0 Å². The van der Waals surface area contributed by atoms with Crippen molar-refractivity contribution in [2.75, 3.05) is 26.2 Å². The van der Waals surface area contributed by atoms with Crippen molar-refractivity contribution < 1.29 is 4.79 Å². The van der Waals surface area contributed by atoms with Crippen molar-refractivity contribution in [3.8, 4) is 11.4 Å². The predicted octanol–water partition coefficient (Wildman–Crippen LogP) is 2.63. The van der Waals surface area contributed by atoms with Crippen LogP contribution >= 0.6 is 0 Å². The molecule has 0 atom stereocenters. The molecular formula is C22H26N6O. The molecule has 2 heterocycles. The van der Waals surface area contributed by atoms with Crippen molar-refractivity contribution in [3.63, 3.8) is 0 Å². The van der Waals surface area contributed by atoms with Crippen molar-refractivity contribution in [3.05, 3.63) is 65.2 Å². The van der Waals surface area contributed by atoms with Gasteiger partial charge >= 0.3 is 0 Å². The fourth-order valence-corrected chi connectivity index (χ4v) is 3.78. The third kappa shape index (κ3) is 4.35. The van der Waals surface area contributed by atoms with E-state index in [9.17, 15) is 4.79 Å². The van der Waals surface area contributed by atoms with Crippen molar-refractivity contribution in [1.29, 1.82) is 0 Å². The second-order valence-electron chi connectivity index (χ2n) is 7.46. The summed E-state index contributed by atoms with van der Waals surface area (Å²) in [7, 11) is 0. The summed E-state index contributed by atoms with van der Waals surface area (Å²) in [4.78, 5) is 17.4. The Morgan fingerprint density at radius 1 is 1.03 bits per heavy atom. The SMILES string of the molecule is CCn1nnnc1-c1cccc(C(=O)N2CCN(Cc3cccc(C)c3)CC2)c1. The normalized spacial score (nSPS) is 14.9. The molecule has 0 spiro atoms. The van der Waals surface area contributed by atoms with Gasteiger partial charge in [0.1, 0.15) is 0 Å². The number of nitrogens with zero attached hydrogens (tertiary/aromatic N) is 6. The van der Waals surface area contributed by atoms with E-state index in [1.165, 1.54) is 11.1 Å². The van der Waals surface area contributed by atoms with Crippen LogP contribution in [0, 0.1) is 6.92 Å². The average Bonchev–Trinajstić information content (AvgIpc) is 3.23. The van der Waals surface area contributed by atoms with E-state index in [4.69, 9.17) is 0 Å². The van der Waals surface area contributed by atoms with Gasteiger partial charge in [-0.05, 0) is 42.0 Å². The molecule has 1 saturated heterocycles. The minimum atomic E-state index is 0.0672. The molecule has 4 rings (SSSR count). The third-order valence-electron chi connectivity index (χ3n) is 5.35. The number of carbonyl (C=O) groups excluding carboxylic acids is 1. The van der Waals surface area contributed by atoms with Gasteiger partial charge in [-0.3, -0.25) is 9.69 Å². The number of tetrazole rings is 1. The molecule has 0 N–H and O–H groups in total. The molecule has 1 amide bonds. The maximum Gasteiger partial charge on any atom is 0.253 e. The van der Waals surface area contributed by atoms with Gasteiger partial charge in [-0.1, -0.05) is 42.0 Å². The van der Waals surface area contributed by atoms with Crippen LogP contribution in [0.5, 0.6) is 0 Å². The van der Waals surface area contributed by atoms with Crippen LogP contribution in [0.15, 0.2) is 48.5 Å². The van der Waals surface area contributed by atoms with E-state index in [1.54, 1.807) is 4.68 Å². The maximum absolute atomic E-state index is 13.0. The molecule has 1 aromatic heterocycles. The van der Waals surface area contributed by atoms with Crippen LogP contribution in [0.4, 0.5) is 0 Å². The Hall–Kier alpha value is -3.06. The van der Waals surface area contributed by atoms with E-state index in [1.807, 2.05) is 36.1 Å². The van der Waals surface area contributed by atoms with Gasteiger partial charge in [0.15, 0.2) is 5.82 Å². The van der Waals surface area contributed by atoms with Gasteiger partial charge in [0.25, 0.3) is 5.91 Å². The van der Waals surface area contributed by atoms with Crippen LogP contribution in [-0.4, -0.2) is 62.1 Å². The van der Waals surface area contributed by atoms with E-state index in [-0.39, 0.29) is 5.91 Å². The van der Waals surface area contributed by atoms with Crippen LogP contribution in [0.25, 0.3) is 11.4 Å². The molecule has 0 aliphatic carbocycles. The molecule has 1 fully saturated rings. The zero-order chi connectivity index (χ0) is 20.2. The van der Waals surface area contributed by atoms with Gasteiger partial charge in [0, 0.05) is 50.4 Å². The molecule has 0 saturated carbocycles. The van der Waals surface area contributed by atoms with Gasteiger partial charge in [-0.15, -0.1) is 5.10 Å². The topological polar surface area (TPSA) is 67.2 Å². The lowest BCUT2D eigenvalue weighted by atomic mass is 10.1. The molecule has 0 radical (unpaired) electrons. The molecule has 3 aromatic rings. The second kappa shape index (κ2) is 8.53. The fourth-order valence-electron chi connectivity index (χ4n) is 3.78. The second-order valence-corrected chi connectivity index (χ2v) is 7.46. The number of aromatic nitrogens is 4. The minimum Gasteiger partial charge on any atom is -0.336 e. The summed E-state index contributed by atoms with van der Waals surface area (Å²) in [5.74, 6) is 0.753. The highest BCUT2D eigenvalue weighted by molar-refractivity contribution is 5.95. The number of benzene rings is 2. The molecule has 0 bridgehead atoms. The first kappa shape index (κ1) is 19.3. The largest absolute Gasteiger partial charge is 0.336 e. The standard InChI is InChI=1S/C22H26N6O/c1-3-28-21(23-24-25-28)19-8-5-9-20(15-19)22(29)27-12-10-26(11-13-27)16-18-7-4-6-17(2)14-18/h4-9,14-15H,3,10-13,16H2,1-2H3. The zero-order valence-electron chi connectivity index (χ0n) is 17.0. The highest BCUT2D eigenvalue weighted by Crippen LogP contribution is 2.19. The molecule has 7 nitrogen and oxygen atoms in total. The van der Waals surface area contributed by atoms with Crippen molar-refractivity contribution >= 4 is 5.91 Å². The van der Waals surface area contributed by atoms with Crippen molar-refractivity contribution in [1.82, 2.24) is 30.0 Å². The minimum absolute atomic E-state index is 0.0672. The van der Waals surface area contributed by atoms with E-state index < -0.39 is 0 Å². The number of carbonyl (C=O) groups is 1. The first-order chi connectivity index (χ1) is 14.1. The average molecular weight is 390 g/mol. The summed E-state index contributed by atoms with van der Waals surface area (Å²) in [6.07, 6.45) is 0. The van der Waals surface area contributed by atoms with Crippen LogP contribution in [0.1, 0.15) is 28.4 Å². The molecule has 1 aliphatic heterocycles. The summed E-state index contributed by atoms with van der Waals surface area (Å²) in [5.41, 5.74) is 4.15. The lowest BCUT2D eigenvalue weighted by Crippen LogP contribution is -2.48. The Kier molecular flexibility index (Phi) is 5.67. The van der Waals surface area contributed by atoms with E-state index in [2.05, 4.69) is 51.6 Å². The number of amides is 1. The van der Waals surface area contributed by atoms with Gasteiger partial charge < -0.3 is 4.90 Å². The smallest absolute Gasteiger partial charge is 0.253 e. The van der Waals surface area contributed by atoms with E-state index in [0.29, 0.717) is 17.9 Å². The Morgan fingerprint density at radius 3 is 2.59 bits per heavy atom. The number of rotatable bonds is 5. The highest BCUT2D eigenvalue weighted by Gasteiger charge is 2.23. The maximum atomic E-state index is 13.0. The summed E-state index contributed by atoms with van der Waals surface area (Å²) in [5, 5.41) is 11.8. The van der Waals surface area contributed by atoms with E-state index in [0.717, 1.165) is 38.3 Å². The third-order valence-corrected chi connectivity index (χ3v) is 5.35. The Balaban J connectivity index is 1.40. The van der Waals surface area contributed by atoms with Gasteiger partial charge in [-0.25, -0.2) is 4.68 Å². The van der Waals surface area contributed by atoms with Crippen molar-refractivity contribution in [2.45, 2.75) is 26.9 Å². The zero-order valence-corrected chi connectivity index (χ0v) is 17.0. The molecule has 29 heavy (non-hydrogen) atoms. The summed E-state index contributed by atoms with van der Waals surface area (Å²) >= 11 is 0. The van der Waals surface area contributed by atoms with Gasteiger partial charge in [0.2, 0.25) is 0 Å². The van der Waals surface area contributed by atoms with Crippen LogP contribution in [-0.2, 0) is 13.1 Å². The Morgan fingerprint density at radius 2 is 1.83 bits per heavy atom. The van der Waals surface area contributed by atoms with Crippen molar-refractivity contribution in [2.24, 2.45) is 0 Å².